The second kappa shape index (κ2) is 4.97. The van der Waals surface area contributed by atoms with Crippen molar-refractivity contribution in [2.75, 3.05) is 13.1 Å². The molecule has 0 aromatic carbocycles. The van der Waals surface area contributed by atoms with Crippen molar-refractivity contribution >= 4 is 5.91 Å². The van der Waals surface area contributed by atoms with Crippen LogP contribution in [0.1, 0.15) is 52.4 Å². The maximum Gasteiger partial charge on any atom is 0.226 e. The summed E-state index contributed by atoms with van der Waals surface area (Å²) in [5, 5.41) is 0. The van der Waals surface area contributed by atoms with Crippen LogP contribution in [0.2, 0.25) is 0 Å². The highest BCUT2D eigenvalue weighted by atomic mass is 16.2. The third-order valence-corrected chi connectivity index (χ3v) is 4.98. The Kier molecular flexibility index (Phi) is 3.76. The summed E-state index contributed by atoms with van der Waals surface area (Å²) in [7, 11) is 0. The third kappa shape index (κ3) is 2.65. The van der Waals surface area contributed by atoms with Crippen molar-refractivity contribution in [3.63, 3.8) is 0 Å². The molecule has 1 aliphatic carbocycles. The molecule has 1 heterocycles. The highest BCUT2D eigenvalue weighted by Gasteiger charge is 2.38. The van der Waals surface area contributed by atoms with Crippen LogP contribution in [0.4, 0.5) is 0 Å². The molecule has 2 N–H and O–H groups in total. The van der Waals surface area contributed by atoms with Gasteiger partial charge in [-0.25, -0.2) is 0 Å². The van der Waals surface area contributed by atoms with Gasteiger partial charge in [-0.15, -0.1) is 0 Å². The average Bonchev–Trinajstić information content (AvgIpc) is 2.76. The zero-order valence-corrected chi connectivity index (χ0v) is 11.2. The van der Waals surface area contributed by atoms with Crippen LogP contribution in [0.3, 0.4) is 0 Å². The SMILES string of the molecule is CC(N)C(C)C(=O)N1CCC2(CCCC2)CC1. The molecule has 0 bridgehead atoms. The molecule has 3 heteroatoms. The fourth-order valence-electron chi connectivity index (χ4n) is 3.34. The van der Waals surface area contributed by atoms with Crippen LogP contribution < -0.4 is 5.73 Å². The standard InChI is InChI=1S/C14H26N2O/c1-11(12(2)15)13(17)16-9-7-14(8-10-16)5-3-4-6-14/h11-12H,3-10,15H2,1-2H3. The summed E-state index contributed by atoms with van der Waals surface area (Å²) >= 11 is 0. The zero-order chi connectivity index (χ0) is 12.5. The van der Waals surface area contributed by atoms with Gasteiger partial charge in [0.2, 0.25) is 5.91 Å². The summed E-state index contributed by atoms with van der Waals surface area (Å²) in [6.07, 6.45) is 7.99. The maximum atomic E-state index is 12.2. The second-order valence-corrected chi connectivity index (χ2v) is 6.18. The van der Waals surface area contributed by atoms with E-state index in [0.717, 1.165) is 13.1 Å². The summed E-state index contributed by atoms with van der Waals surface area (Å²) in [6.45, 7) is 5.78. The molecular weight excluding hydrogens is 212 g/mol. The Balaban J connectivity index is 1.88. The fraction of sp³-hybridized carbons (Fsp3) is 0.929. The van der Waals surface area contributed by atoms with Gasteiger partial charge in [-0.3, -0.25) is 4.79 Å². The Bertz CT molecular complexity index is 272. The van der Waals surface area contributed by atoms with Gasteiger partial charge in [0.05, 0.1) is 5.92 Å². The molecule has 17 heavy (non-hydrogen) atoms. The number of piperidine rings is 1. The first-order valence-corrected chi connectivity index (χ1v) is 7.08. The zero-order valence-electron chi connectivity index (χ0n) is 11.2. The summed E-state index contributed by atoms with van der Waals surface area (Å²) < 4.78 is 0. The summed E-state index contributed by atoms with van der Waals surface area (Å²) in [5.41, 5.74) is 6.40. The molecule has 0 aromatic rings. The van der Waals surface area contributed by atoms with Crippen LogP contribution >= 0.6 is 0 Å². The molecule has 1 spiro atoms. The Morgan fingerprint density at radius 2 is 1.65 bits per heavy atom. The van der Waals surface area contributed by atoms with Gasteiger partial charge in [-0.1, -0.05) is 19.8 Å². The minimum atomic E-state index is -0.0372. The van der Waals surface area contributed by atoms with E-state index >= 15 is 0 Å². The molecule has 1 saturated heterocycles. The number of likely N-dealkylation sites (tertiary alicyclic amines) is 1. The van der Waals surface area contributed by atoms with E-state index in [2.05, 4.69) is 0 Å². The van der Waals surface area contributed by atoms with Crippen LogP contribution in [-0.2, 0) is 4.79 Å². The van der Waals surface area contributed by atoms with Gasteiger partial charge >= 0.3 is 0 Å². The average molecular weight is 238 g/mol. The monoisotopic (exact) mass is 238 g/mol. The van der Waals surface area contributed by atoms with Gasteiger partial charge < -0.3 is 10.6 Å². The van der Waals surface area contributed by atoms with Crippen molar-refractivity contribution in [1.82, 2.24) is 4.90 Å². The molecule has 2 unspecified atom stereocenters. The molecule has 0 radical (unpaired) electrons. The predicted molar refractivity (Wildman–Crippen MR) is 69.5 cm³/mol. The lowest BCUT2D eigenvalue weighted by Crippen LogP contribution is -2.47. The maximum absolute atomic E-state index is 12.2. The minimum absolute atomic E-state index is 0.0346. The van der Waals surface area contributed by atoms with Gasteiger partial charge in [-0.2, -0.15) is 0 Å². The van der Waals surface area contributed by atoms with Gasteiger partial charge in [0.15, 0.2) is 0 Å². The highest BCUT2D eigenvalue weighted by Crippen LogP contribution is 2.46. The van der Waals surface area contributed by atoms with Crippen molar-refractivity contribution in [3.8, 4) is 0 Å². The Morgan fingerprint density at radius 3 is 2.12 bits per heavy atom. The first-order chi connectivity index (χ1) is 8.04. The molecule has 2 fully saturated rings. The molecule has 1 aliphatic heterocycles. The van der Waals surface area contributed by atoms with Crippen LogP contribution in [0.15, 0.2) is 0 Å². The smallest absolute Gasteiger partial charge is 0.226 e. The van der Waals surface area contributed by atoms with E-state index in [0.29, 0.717) is 5.41 Å². The highest BCUT2D eigenvalue weighted by molar-refractivity contribution is 5.79. The summed E-state index contributed by atoms with van der Waals surface area (Å²) in [4.78, 5) is 14.2. The van der Waals surface area contributed by atoms with E-state index in [1.165, 1.54) is 38.5 Å². The third-order valence-electron chi connectivity index (χ3n) is 4.98. The van der Waals surface area contributed by atoms with Crippen molar-refractivity contribution in [2.24, 2.45) is 17.1 Å². The quantitative estimate of drug-likeness (QED) is 0.801. The first-order valence-electron chi connectivity index (χ1n) is 7.08. The van der Waals surface area contributed by atoms with Gasteiger partial charge in [0.1, 0.15) is 0 Å². The molecule has 1 saturated carbocycles. The first kappa shape index (κ1) is 12.9. The summed E-state index contributed by atoms with van der Waals surface area (Å²) in [6, 6.07) is -0.0372. The minimum Gasteiger partial charge on any atom is -0.342 e. The second-order valence-electron chi connectivity index (χ2n) is 6.18. The number of rotatable bonds is 2. The van der Waals surface area contributed by atoms with E-state index in [-0.39, 0.29) is 17.9 Å². The molecule has 3 nitrogen and oxygen atoms in total. The van der Waals surface area contributed by atoms with E-state index < -0.39 is 0 Å². The number of nitrogens with two attached hydrogens (primary N) is 1. The van der Waals surface area contributed by atoms with E-state index in [4.69, 9.17) is 5.73 Å². The van der Waals surface area contributed by atoms with Gasteiger partial charge in [0.25, 0.3) is 0 Å². The number of hydrogen-bond acceptors (Lipinski definition) is 2. The van der Waals surface area contributed by atoms with Gasteiger partial charge in [-0.05, 0) is 38.0 Å². The predicted octanol–water partition coefficient (Wildman–Crippen LogP) is 2.15. The number of carbonyl (C=O) groups excluding carboxylic acids is 1. The summed E-state index contributed by atoms with van der Waals surface area (Å²) in [5.74, 6) is 0.223. The van der Waals surface area contributed by atoms with E-state index in [1.54, 1.807) is 0 Å². The lowest BCUT2D eigenvalue weighted by molar-refractivity contribution is -0.137. The number of carbonyl (C=O) groups is 1. The van der Waals surface area contributed by atoms with Crippen LogP contribution in [0.25, 0.3) is 0 Å². The van der Waals surface area contributed by atoms with E-state index in [9.17, 15) is 4.79 Å². The molecule has 2 rings (SSSR count). The largest absolute Gasteiger partial charge is 0.342 e. The Morgan fingerprint density at radius 1 is 1.12 bits per heavy atom. The Hall–Kier alpha value is -0.570. The molecule has 2 aliphatic rings. The molecule has 1 amide bonds. The topological polar surface area (TPSA) is 46.3 Å². The Labute approximate surface area is 105 Å². The van der Waals surface area contributed by atoms with Crippen molar-refractivity contribution in [2.45, 2.75) is 58.4 Å². The molecular formula is C14H26N2O. The van der Waals surface area contributed by atoms with Gasteiger partial charge in [0, 0.05) is 19.1 Å². The fourth-order valence-corrected chi connectivity index (χ4v) is 3.34. The normalized spacial score (nSPS) is 27.1. The lowest BCUT2D eigenvalue weighted by Gasteiger charge is -2.40. The van der Waals surface area contributed by atoms with E-state index in [1.807, 2.05) is 18.7 Å². The van der Waals surface area contributed by atoms with Crippen LogP contribution in [0, 0.1) is 11.3 Å². The number of hydrogen-bond donors (Lipinski definition) is 1. The van der Waals surface area contributed by atoms with Crippen molar-refractivity contribution < 1.29 is 4.79 Å². The number of nitrogens with zero attached hydrogens (tertiary/aromatic N) is 1. The molecule has 0 aromatic heterocycles. The van der Waals surface area contributed by atoms with Crippen LogP contribution in [0.5, 0.6) is 0 Å². The molecule has 2 atom stereocenters. The number of amides is 1. The van der Waals surface area contributed by atoms with Crippen molar-refractivity contribution in [1.29, 1.82) is 0 Å². The van der Waals surface area contributed by atoms with Crippen molar-refractivity contribution in [3.05, 3.63) is 0 Å². The lowest BCUT2D eigenvalue weighted by atomic mass is 9.77. The van der Waals surface area contributed by atoms with Crippen LogP contribution in [-0.4, -0.2) is 29.9 Å². The molecule has 98 valence electrons.